The second kappa shape index (κ2) is 10.3. The summed E-state index contributed by atoms with van der Waals surface area (Å²) in [6, 6.07) is 15.3. The molecule has 0 unspecified atom stereocenters. The predicted molar refractivity (Wildman–Crippen MR) is 141 cm³/mol. The Hall–Kier alpha value is -2.71. The first kappa shape index (κ1) is 26.4. The molecule has 0 aliphatic carbocycles. The lowest BCUT2D eigenvalue weighted by molar-refractivity contribution is 0.272. The number of hydrogen-bond donors (Lipinski definition) is 1. The van der Waals surface area contributed by atoms with E-state index in [1.165, 1.54) is 12.1 Å². The Labute approximate surface area is 220 Å². The van der Waals surface area contributed by atoms with Gasteiger partial charge in [-0.2, -0.15) is 0 Å². The van der Waals surface area contributed by atoms with Crippen LogP contribution in [0.15, 0.2) is 65.7 Å². The van der Waals surface area contributed by atoms with Crippen LogP contribution in [-0.2, 0) is 22.9 Å². The van der Waals surface area contributed by atoms with Gasteiger partial charge >= 0.3 is 0 Å². The Kier molecular flexibility index (Phi) is 7.57. The lowest BCUT2D eigenvalue weighted by Gasteiger charge is -2.13. The van der Waals surface area contributed by atoms with Gasteiger partial charge in [0.2, 0.25) is 0 Å². The first-order chi connectivity index (χ1) is 17.0. The molecule has 4 aromatic rings. The van der Waals surface area contributed by atoms with Crippen LogP contribution < -0.4 is 0 Å². The van der Waals surface area contributed by atoms with Crippen molar-refractivity contribution in [2.45, 2.75) is 37.7 Å². The molecule has 1 N–H and O–H groups in total. The van der Waals surface area contributed by atoms with E-state index in [4.69, 9.17) is 28.2 Å². The average Bonchev–Trinajstić information content (AvgIpc) is 3.25. The Bertz CT molecular complexity index is 1510. The number of aliphatic hydroxyl groups excluding tert-OH is 1. The summed E-state index contributed by atoms with van der Waals surface area (Å²) in [7, 11) is -3.73. The largest absolute Gasteiger partial charge is 0.392 e. The van der Waals surface area contributed by atoms with E-state index in [2.05, 4.69) is 13.8 Å². The minimum atomic E-state index is -3.73. The number of nitrogens with zero attached hydrogens (tertiary/aromatic N) is 2. The Morgan fingerprint density at radius 2 is 1.64 bits per heavy atom. The average molecular weight is 547 g/mol. The molecule has 0 saturated carbocycles. The Balaban J connectivity index is 1.76. The predicted octanol–water partition coefficient (Wildman–Crippen LogP) is 6.60. The first-order valence-electron chi connectivity index (χ1n) is 11.2. The summed E-state index contributed by atoms with van der Waals surface area (Å²) in [5.41, 5.74) is 3.32. The van der Waals surface area contributed by atoms with Gasteiger partial charge < -0.3 is 9.67 Å². The molecule has 0 amide bonds. The standard InChI is InChI=1S/C27H25Cl2FN2O3S/c1-16(2)25-14-32(27(31-25)13-20-22(28)5-4-6-23(20)29)19-9-7-17(8-10-19)18-11-24(30)21(15-33)26(12-18)36(3,34)35/h4-12,14,16,33H,13,15H2,1-3H3. The molecule has 0 bridgehead atoms. The monoisotopic (exact) mass is 546 g/mol. The van der Waals surface area contributed by atoms with Crippen LogP contribution in [0.3, 0.4) is 0 Å². The zero-order valence-corrected chi connectivity index (χ0v) is 22.3. The summed E-state index contributed by atoms with van der Waals surface area (Å²) in [5, 5.41) is 10.6. The number of halogens is 3. The molecule has 0 aliphatic rings. The second-order valence-electron chi connectivity index (χ2n) is 8.90. The number of sulfone groups is 1. The van der Waals surface area contributed by atoms with Gasteiger partial charge in [0, 0.05) is 40.2 Å². The number of aromatic nitrogens is 2. The molecule has 188 valence electrons. The quantitative estimate of drug-likeness (QED) is 0.283. The Morgan fingerprint density at radius 3 is 2.19 bits per heavy atom. The minimum absolute atomic E-state index is 0.202. The maximum Gasteiger partial charge on any atom is 0.176 e. The van der Waals surface area contributed by atoms with Crippen LogP contribution in [0.2, 0.25) is 10.0 Å². The molecule has 4 rings (SSSR count). The van der Waals surface area contributed by atoms with Crippen LogP contribution in [-0.4, -0.2) is 29.3 Å². The lowest BCUT2D eigenvalue weighted by atomic mass is 10.0. The van der Waals surface area contributed by atoms with Crippen molar-refractivity contribution in [3.63, 3.8) is 0 Å². The molecule has 0 saturated heterocycles. The van der Waals surface area contributed by atoms with Crippen molar-refractivity contribution in [2.75, 3.05) is 6.26 Å². The Morgan fingerprint density at radius 1 is 1.00 bits per heavy atom. The van der Waals surface area contributed by atoms with Gasteiger partial charge in [-0.25, -0.2) is 17.8 Å². The van der Waals surface area contributed by atoms with Crippen molar-refractivity contribution < 1.29 is 17.9 Å². The summed E-state index contributed by atoms with van der Waals surface area (Å²) >= 11 is 12.8. The van der Waals surface area contributed by atoms with Crippen LogP contribution in [0.1, 0.15) is 42.4 Å². The van der Waals surface area contributed by atoms with E-state index >= 15 is 0 Å². The highest BCUT2D eigenvalue weighted by atomic mass is 35.5. The third-order valence-corrected chi connectivity index (χ3v) is 7.85. The van der Waals surface area contributed by atoms with Gasteiger partial charge in [-0.3, -0.25) is 0 Å². The van der Waals surface area contributed by atoms with Gasteiger partial charge in [0.25, 0.3) is 0 Å². The van der Waals surface area contributed by atoms with Crippen molar-refractivity contribution >= 4 is 33.0 Å². The van der Waals surface area contributed by atoms with Crippen molar-refractivity contribution in [2.24, 2.45) is 0 Å². The van der Waals surface area contributed by atoms with Crippen LogP contribution in [0.4, 0.5) is 4.39 Å². The zero-order valence-electron chi connectivity index (χ0n) is 20.0. The van der Waals surface area contributed by atoms with Crippen LogP contribution in [0.25, 0.3) is 16.8 Å². The molecule has 0 aliphatic heterocycles. The minimum Gasteiger partial charge on any atom is -0.392 e. The molecule has 0 atom stereocenters. The van der Waals surface area contributed by atoms with E-state index in [0.717, 1.165) is 29.0 Å². The molecular weight excluding hydrogens is 522 g/mol. The van der Waals surface area contributed by atoms with Gasteiger partial charge in [-0.15, -0.1) is 0 Å². The van der Waals surface area contributed by atoms with Crippen LogP contribution in [0.5, 0.6) is 0 Å². The summed E-state index contributed by atoms with van der Waals surface area (Å²) in [6.45, 7) is 3.42. The number of benzene rings is 3. The van der Waals surface area contributed by atoms with Gasteiger partial charge in [-0.1, -0.05) is 55.2 Å². The van der Waals surface area contributed by atoms with Crippen LogP contribution in [0, 0.1) is 5.82 Å². The topological polar surface area (TPSA) is 72.2 Å². The van der Waals surface area contributed by atoms with Crippen molar-refractivity contribution in [3.05, 3.63) is 99.3 Å². The van der Waals surface area contributed by atoms with E-state index in [1.54, 1.807) is 30.3 Å². The van der Waals surface area contributed by atoms with Gasteiger partial charge in [0.1, 0.15) is 11.6 Å². The number of imidazole rings is 1. The summed E-state index contributed by atoms with van der Waals surface area (Å²) in [6.07, 6.45) is 3.39. The highest BCUT2D eigenvalue weighted by Crippen LogP contribution is 2.31. The SMILES string of the molecule is CC(C)c1cn(-c2ccc(-c3cc(F)c(CO)c(S(C)(=O)=O)c3)cc2)c(Cc2c(Cl)cccc2Cl)n1. The molecule has 3 aromatic carbocycles. The maximum atomic E-state index is 14.6. The lowest BCUT2D eigenvalue weighted by Crippen LogP contribution is -2.06. The summed E-state index contributed by atoms with van der Waals surface area (Å²) < 4.78 is 40.9. The number of hydrogen-bond acceptors (Lipinski definition) is 4. The van der Waals surface area contributed by atoms with Crippen molar-refractivity contribution in [1.29, 1.82) is 0 Å². The summed E-state index contributed by atoms with van der Waals surface area (Å²) in [4.78, 5) is 4.60. The molecule has 0 spiro atoms. The van der Waals surface area contributed by atoms with Gasteiger partial charge in [0.15, 0.2) is 9.84 Å². The van der Waals surface area contributed by atoms with E-state index in [-0.39, 0.29) is 16.4 Å². The molecule has 9 heteroatoms. The fourth-order valence-electron chi connectivity index (χ4n) is 4.00. The smallest absolute Gasteiger partial charge is 0.176 e. The normalized spacial score (nSPS) is 11.9. The van der Waals surface area contributed by atoms with Gasteiger partial charge in [-0.05, 0) is 59.0 Å². The maximum absolute atomic E-state index is 14.6. The van der Waals surface area contributed by atoms with E-state index < -0.39 is 22.3 Å². The third kappa shape index (κ3) is 5.34. The number of aliphatic hydroxyl groups is 1. The molecule has 0 fully saturated rings. The third-order valence-electron chi connectivity index (χ3n) is 5.98. The molecular formula is C27H25Cl2FN2O3S. The fourth-order valence-corrected chi connectivity index (χ4v) is 5.48. The van der Waals surface area contributed by atoms with E-state index in [1.807, 2.05) is 22.9 Å². The second-order valence-corrected chi connectivity index (χ2v) is 11.7. The van der Waals surface area contributed by atoms with Crippen molar-refractivity contribution in [1.82, 2.24) is 9.55 Å². The highest BCUT2D eigenvalue weighted by molar-refractivity contribution is 7.90. The molecule has 0 radical (unpaired) electrons. The highest BCUT2D eigenvalue weighted by Gasteiger charge is 2.20. The molecule has 36 heavy (non-hydrogen) atoms. The van der Waals surface area contributed by atoms with E-state index in [0.29, 0.717) is 27.6 Å². The summed E-state index contributed by atoms with van der Waals surface area (Å²) in [5.74, 6) is 0.196. The molecule has 1 aromatic heterocycles. The van der Waals surface area contributed by atoms with Gasteiger partial charge in [0.05, 0.1) is 17.2 Å². The van der Waals surface area contributed by atoms with E-state index in [9.17, 15) is 17.9 Å². The molecule has 5 nitrogen and oxygen atoms in total. The fraction of sp³-hybridized carbons (Fsp3) is 0.222. The zero-order chi connectivity index (χ0) is 26.2. The number of rotatable bonds is 7. The first-order valence-corrected chi connectivity index (χ1v) is 13.9. The molecule has 1 heterocycles. The van der Waals surface area contributed by atoms with Crippen molar-refractivity contribution in [3.8, 4) is 16.8 Å². The van der Waals surface area contributed by atoms with Crippen LogP contribution >= 0.6 is 23.2 Å².